The van der Waals surface area contributed by atoms with Crippen molar-refractivity contribution in [3.63, 3.8) is 0 Å². The molecule has 1 saturated heterocycles. The zero-order valence-corrected chi connectivity index (χ0v) is 21.3. The van der Waals surface area contributed by atoms with Crippen molar-refractivity contribution in [3.8, 4) is 0 Å². The van der Waals surface area contributed by atoms with Gasteiger partial charge >= 0.3 is 0 Å². The highest BCUT2D eigenvalue weighted by Gasteiger charge is 2.61. The lowest BCUT2D eigenvalue weighted by Gasteiger charge is -2.60. The lowest BCUT2D eigenvalue weighted by molar-refractivity contribution is -0.126. The Labute approximate surface area is 192 Å². The number of carbonyl (C=O) groups is 1. The Bertz CT molecular complexity index is 695. The van der Waals surface area contributed by atoms with Crippen molar-refractivity contribution in [1.82, 2.24) is 5.32 Å². The Balaban J connectivity index is 1.59. The summed E-state index contributed by atoms with van der Waals surface area (Å²) in [6, 6.07) is 0. The zero-order valence-electron chi connectivity index (χ0n) is 21.3. The number of carbonyl (C=O) groups excluding carboxylic acids is 1. The molecule has 0 radical (unpaired) electrons. The van der Waals surface area contributed by atoms with E-state index in [2.05, 4.69) is 52.9 Å². The second-order valence-corrected chi connectivity index (χ2v) is 12.8. The maximum absolute atomic E-state index is 12.2. The van der Waals surface area contributed by atoms with E-state index in [4.69, 9.17) is 0 Å². The monoisotopic (exact) mass is 427 g/mol. The molecule has 0 spiro atoms. The summed E-state index contributed by atoms with van der Waals surface area (Å²) in [6.45, 7) is 14.8. The topological polar surface area (TPSA) is 29.1 Å². The molecule has 2 heteroatoms. The van der Waals surface area contributed by atoms with Crippen molar-refractivity contribution in [1.29, 1.82) is 0 Å². The maximum Gasteiger partial charge on any atom is 0.224 e. The van der Waals surface area contributed by atoms with Crippen molar-refractivity contribution in [3.05, 3.63) is 11.8 Å². The number of allylic oxidation sites excluding steroid dienone is 2. The van der Waals surface area contributed by atoms with Crippen molar-refractivity contribution < 1.29 is 4.79 Å². The van der Waals surface area contributed by atoms with Gasteiger partial charge in [0.15, 0.2) is 0 Å². The third-order valence-corrected chi connectivity index (χ3v) is 10.6. The van der Waals surface area contributed by atoms with Crippen LogP contribution in [0.5, 0.6) is 0 Å². The van der Waals surface area contributed by atoms with Crippen LogP contribution in [-0.4, -0.2) is 5.91 Å². The van der Waals surface area contributed by atoms with Gasteiger partial charge in [0.1, 0.15) is 0 Å². The SMILES string of the molecule is CCC[C@H]1C=C2NC(=O)CC[C@]2(C)[C@H]2CC[C@]3(C)[C@@H]([C@H](C)CCCC(C)C)CC[C@H]3[C@H]12. The van der Waals surface area contributed by atoms with Crippen molar-refractivity contribution >= 4 is 5.91 Å². The van der Waals surface area contributed by atoms with Crippen LogP contribution in [-0.2, 0) is 4.79 Å². The molecule has 176 valence electrons. The Hall–Kier alpha value is -0.790. The molecule has 2 nitrogen and oxygen atoms in total. The van der Waals surface area contributed by atoms with E-state index in [0.717, 1.165) is 41.9 Å². The fraction of sp³-hybridized carbons (Fsp3) is 0.897. The molecular weight excluding hydrogens is 378 g/mol. The highest BCUT2D eigenvalue weighted by atomic mass is 16.1. The standard InChI is InChI=1S/C29H49NO/c1-7-9-21-18-25-29(6,17-15-26(31)30-25)24-14-16-28(5)22(12-13-23(28)27(21)24)20(4)11-8-10-19(2)3/h18-24,27H,7-17H2,1-6H3,(H,30,31)/t20-,21+,22-,23+,24+,27+,28-,29-/m1/s1. The van der Waals surface area contributed by atoms with Gasteiger partial charge in [0.05, 0.1) is 0 Å². The summed E-state index contributed by atoms with van der Waals surface area (Å²) in [5.41, 5.74) is 2.03. The molecule has 31 heavy (non-hydrogen) atoms. The summed E-state index contributed by atoms with van der Waals surface area (Å²) >= 11 is 0. The van der Waals surface area contributed by atoms with Crippen LogP contribution in [0.15, 0.2) is 11.8 Å². The average molecular weight is 428 g/mol. The molecule has 8 atom stereocenters. The average Bonchev–Trinajstić information content (AvgIpc) is 3.06. The van der Waals surface area contributed by atoms with Crippen molar-refractivity contribution in [2.75, 3.05) is 0 Å². The van der Waals surface area contributed by atoms with Crippen molar-refractivity contribution in [2.45, 2.75) is 112 Å². The fourth-order valence-electron chi connectivity index (χ4n) is 8.97. The Morgan fingerprint density at radius 2 is 1.84 bits per heavy atom. The Morgan fingerprint density at radius 1 is 1.06 bits per heavy atom. The van der Waals surface area contributed by atoms with Crippen LogP contribution < -0.4 is 5.32 Å². The van der Waals surface area contributed by atoms with Crippen LogP contribution in [0, 0.1) is 52.3 Å². The summed E-state index contributed by atoms with van der Waals surface area (Å²) in [5.74, 6) is 6.00. The number of nitrogens with one attached hydrogen (secondary N) is 1. The molecule has 1 amide bonds. The van der Waals surface area contributed by atoms with E-state index < -0.39 is 0 Å². The first-order valence-corrected chi connectivity index (χ1v) is 13.7. The van der Waals surface area contributed by atoms with Gasteiger partial charge in [0.25, 0.3) is 0 Å². The van der Waals surface area contributed by atoms with Gasteiger partial charge in [-0.1, -0.05) is 73.3 Å². The quantitative estimate of drug-likeness (QED) is 0.442. The van der Waals surface area contributed by atoms with E-state index in [-0.39, 0.29) is 11.3 Å². The minimum Gasteiger partial charge on any atom is -0.330 e. The van der Waals surface area contributed by atoms with Gasteiger partial charge < -0.3 is 5.32 Å². The predicted molar refractivity (Wildman–Crippen MR) is 130 cm³/mol. The van der Waals surface area contributed by atoms with Crippen LogP contribution >= 0.6 is 0 Å². The maximum atomic E-state index is 12.2. The van der Waals surface area contributed by atoms with Crippen LogP contribution in [0.2, 0.25) is 0 Å². The van der Waals surface area contributed by atoms with E-state index in [1.54, 1.807) is 0 Å². The first kappa shape index (κ1) is 23.4. The second-order valence-electron chi connectivity index (χ2n) is 12.8. The largest absolute Gasteiger partial charge is 0.330 e. The third kappa shape index (κ3) is 4.04. The molecule has 0 bridgehead atoms. The summed E-state index contributed by atoms with van der Waals surface area (Å²) in [7, 11) is 0. The van der Waals surface area contributed by atoms with E-state index in [9.17, 15) is 4.79 Å². The fourth-order valence-corrected chi connectivity index (χ4v) is 8.97. The lowest BCUT2D eigenvalue weighted by Crippen LogP contribution is -2.55. The molecule has 1 N–H and O–H groups in total. The van der Waals surface area contributed by atoms with Gasteiger partial charge in [-0.3, -0.25) is 4.79 Å². The highest BCUT2D eigenvalue weighted by Crippen LogP contribution is 2.67. The summed E-state index contributed by atoms with van der Waals surface area (Å²) in [5, 5.41) is 3.33. The molecule has 2 saturated carbocycles. The van der Waals surface area contributed by atoms with E-state index in [1.807, 2.05) is 0 Å². The van der Waals surface area contributed by atoms with Gasteiger partial charge in [0, 0.05) is 17.5 Å². The summed E-state index contributed by atoms with van der Waals surface area (Å²) in [4.78, 5) is 12.2. The Kier molecular flexibility index (Phi) is 6.68. The summed E-state index contributed by atoms with van der Waals surface area (Å²) < 4.78 is 0. The molecule has 4 rings (SSSR count). The van der Waals surface area contributed by atoms with Gasteiger partial charge in [-0.15, -0.1) is 0 Å². The molecule has 0 aromatic heterocycles. The number of hydrogen-bond acceptors (Lipinski definition) is 1. The number of piperidine rings is 1. The van der Waals surface area contributed by atoms with Gasteiger partial charge in [-0.2, -0.15) is 0 Å². The molecule has 1 aliphatic heterocycles. The normalized spacial score (nSPS) is 43.0. The number of hydrogen-bond donors (Lipinski definition) is 1. The first-order valence-electron chi connectivity index (χ1n) is 13.7. The zero-order chi connectivity index (χ0) is 22.4. The van der Waals surface area contributed by atoms with E-state index in [0.29, 0.717) is 17.8 Å². The molecule has 0 aromatic rings. The van der Waals surface area contributed by atoms with Gasteiger partial charge in [-0.05, 0) is 85.4 Å². The third-order valence-electron chi connectivity index (χ3n) is 10.6. The molecular formula is C29H49NO. The second kappa shape index (κ2) is 8.86. The molecule has 0 aromatic carbocycles. The highest BCUT2D eigenvalue weighted by molar-refractivity contribution is 5.79. The van der Waals surface area contributed by atoms with Crippen LogP contribution in [0.4, 0.5) is 0 Å². The van der Waals surface area contributed by atoms with Crippen molar-refractivity contribution in [2.24, 2.45) is 52.3 Å². The van der Waals surface area contributed by atoms with Crippen LogP contribution in [0.1, 0.15) is 112 Å². The van der Waals surface area contributed by atoms with E-state index >= 15 is 0 Å². The molecule has 3 fully saturated rings. The summed E-state index contributed by atoms with van der Waals surface area (Å²) in [6.07, 6.45) is 16.8. The molecule has 1 heterocycles. The number of rotatable bonds is 7. The number of amides is 1. The molecule has 3 aliphatic carbocycles. The van der Waals surface area contributed by atoms with Gasteiger partial charge in [-0.25, -0.2) is 0 Å². The molecule has 0 unspecified atom stereocenters. The van der Waals surface area contributed by atoms with Crippen LogP contribution in [0.25, 0.3) is 0 Å². The number of fused-ring (bicyclic) bond motifs is 5. The van der Waals surface area contributed by atoms with Gasteiger partial charge in [0.2, 0.25) is 5.91 Å². The first-order chi connectivity index (χ1) is 14.7. The lowest BCUT2D eigenvalue weighted by atomic mass is 9.46. The van der Waals surface area contributed by atoms with E-state index in [1.165, 1.54) is 63.5 Å². The molecule has 4 aliphatic rings. The smallest absolute Gasteiger partial charge is 0.224 e. The minimum atomic E-state index is 0.200. The Morgan fingerprint density at radius 3 is 2.55 bits per heavy atom. The minimum absolute atomic E-state index is 0.200. The predicted octanol–water partition coefficient (Wildman–Crippen LogP) is 7.74. The van der Waals surface area contributed by atoms with Crippen LogP contribution in [0.3, 0.4) is 0 Å².